The molecule has 0 radical (unpaired) electrons. The van der Waals surface area contributed by atoms with Crippen molar-refractivity contribution in [3.8, 4) is 0 Å². The molecule has 1 atom stereocenters. The summed E-state index contributed by atoms with van der Waals surface area (Å²) in [6.45, 7) is 1.78. The van der Waals surface area contributed by atoms with E-state index < -0.39 is 0 Å². The van der Waals surface area contributed by atoms with Gasteiger partial charge in [0, 0.05) is 24.7 Å². The summed E-state index contributed by atoms with van der Waals surface area (Å²) in [5.41, 5.74) is 8.45. The van der Waals surface area contributed by atoms with Crippen LogP contribution in [-0.2, 0) is 10.2 Å². The topological polar surface area (TPSA) is 35.2 Å². The van der Waals surface area contributed by atoms with Crippen molar-refractivity contribution in [3.63, 3.8) is 0 Å². The van der Waals surface area contributed by atoms with Crippen LogP contribution < -0.4 is 5.73 Å². The smallest absolute Gasteiger partial charge is 0.0469 e. The van der Waals surface area contributed by atoms with Crippen molar-refractivity contribution < 1.29 is 4.74 Å². The van der Waals surface area contributed by atoms with Gasteiger partial charge in [0.2, 0.25) is 0 Å². The third kappa shape index (κ3) is 2.44. The molecule has 0 aromatic heterocycles. The van der Waals surface area contributed by atoms with E-state index in [-0.39, 0.29) is 5.41 Å². The lowest BCUT2D eigenvalue weighted by atomic mass is 9.67. The van der Waals surface area contributed by atoms with E-state index in [1.165, 1.54) is 31.2 Å². The van der Waals surface area contributed by atoms with Crippen molar-refractivity contribution in [2.24, 2.45) is 11.7 Å². The van der Waals surface area contributed by atoms with E-state index in [9.17, 15) is 0 Å². The van der Waals surface area contributed by atoms with Gasteiger partial charge < -0.3 is 10.5 Å². The zero-order chi connectivity index (χ0) is 13.1. The second kappa shape index (κ2) is 5.64. The Hall–Kier alpha value is -0.860. The maximum Gasteiger partial charge on any atom is 0.0469 e. The van der Waals surface area contributed by atoms with Crippen molar-refractivity contribution in [1.82, 2.24) is 0 Å². The van der Waals surface area contributed by atoms with Crippen LogP contribution in [0.25, 0.3) is 0 Å². The van der Waals surface area contributed by atoms with E-state index >= 15 is 0 Å². The van der Waals surface area contributed by atoms with E-state index in [1.807, 2.05) is 0 Å². The highest BCUT2D eigenvalue weighted by molar-refractivity contribution is 5.29. The van der Waals surface area contributed by atoms with Gasteiger partial charge >= 0.3 is 0 Å². The molecule has 2 fully saturated rings. The molecule has 1 aliphatic carbocycles. The Bertz CT molecular complexity index is 391. The molecule has 2 heteroatoms. The monoisotopic (exact) mass is 259 g/mol. The van der Waals surface area contributed by atoms with E-state index in [1.54, 1.807) is 0 Å². The van der Waals surface area contributed by atoms with Gasteiger partial charge in [0.05, 0.1) is 0 Å². The van der Waals surface area contributed by atoms with Crippen molar-refractivity contribution in [3.05, 3.63) is 35.9 Å². The molecule has 0 spiro atoms. The molecule has 0 bridgehead atoms. The molecule has 19 heavy (non-hydrogen) atoms. The van der Waals surface area contributed by atoms with Crippen LogP contribution in [0.1, 0.15) is 44.1 Å². The third-order valence-corrected chi connectivity index (χ3v) is 5.26. The highest BCUT2D eigenvalue weighted by Gasteiger charge is 2.44. The first-order chi connectivity index (χ1) is 9.33. The summed E-state index contributed by atoms with van der Waals surface area (Å²) in [6, 6.07) is 11.3. The van der Waals surface area contributed by atoms with Crippen LogP contribution in [0.4, 0.5) is 0 Å². The minimum absolute atomic E-state index is 0.225. The molecule has 1 aromatic rings. The lowest BCUT2D eigenvalue weighted by Crippen LogP contribution is -2.49. The number of benzene rings is 1. The van der Waals surface area contributed by atoms with Crippen LogP contribution in [-0.4, -0.2) is 19.3 Å². The highest BCUT2D eigenvalue weighted by atomic mass is 16.5. The SMILES string of the molecule is NC(C1CCOCC1)C1(c2ccccc2)CCCC1. The van der Waals surface area contributed by atoms with Gasteiger partial charge in [-0.05, 0) is 37.2 Å². The molecule has 104 valence electrons. The third-order valence-electron chi connectivity index (χ3n) is 5.26. The maximum absolute atomic E-state index is 6.77. The second-order valence-electron chi connectivity index (χ2n) is 6.20. The summed E-state index contributed by atoms with van der Waals surface area (Å²) in [6.07, 6.45) is 7.44. The molecule has 2 nitrogen and oxygen atoms in total. The summed E-state index contributed by atoms with van der Waals surface area (Å²) in [5.74, 6) is 0.632. The Balaban J connectivity index is 1.87. The van der Waals surface area contributed by atoms with E-state index in [4.69, 9.17) is 10.5 Å². The van der Waals surface area contributed by atoms with Gasteiger partial charge in [-0.3, -0.25) is 0 Å². The fourth-order valence-electron chi connectivity index (χ4n) is 4.12. The molecule has 1 aliphatic heterocycles. The van der Waals surface area contributed by atoms with Crippen LogP contribution in [0.5, 0.6) is 0 Å². The Morgan fingerprint density at radius 2 is 1.68 bits per heavy atom. The van der Waals surface area contributed by atoms with Crippen LogP contribution in [0.3, 0.4) is 0 Å². The van der Waals surface area contributed by atoms with Gasteiger partial charge in [-0.25, -0.2) is 0 Å². The first-order valence-electron chi connectivity index (χ1n) is 7.72. The summed E-state index contributed by atoms with van der Waals surface area (Å²) in [5, 5.41) is 0. The minimum atomic E-state index is 0.225. The number of nitrogens with two attached hydrogens (primary N) is 1. The molecule has 2 N–H and O–H groups in total. The Morgan fingerprint density at radius 3 is 2.32 bits per heavy atom. The average molecular weight is 259 g/mol. The van der Waals surface area contributed by atoms with Crippen molar-refractivity contribution in [2.75, 3.05) is 13.2 Å². The Kier molecular flexibility index (Phi) is 3.90. The van der Waals surface area contributed by atoms with E-state index in [0.717, 1.165) is 26.1 Å². The van der Waals surface area contributed by atoms with Crippen molar-refractivity contribution >= 4 is 0 Å². The van der Waals surface area contributed by atoms with Crippen LogP contribution in [0, 0.1) is 5.92 Å². The first-order valence-corrected chi connectivity index (χ1v) is 7.72. The first kappa shape index (κ1) is 13.1. The lowest BCUT2D eigenvalue weighted by molar-refractivity contribution is 0.0470. The molecule has 1 aromatic carbocycles. The largest absolute Gasteiger partial charge is 0.381 e. The maximum atomic E-state index is 6.77. The van der Waals surface area contributed by atoms with Gasteiger partial charge in [0.15, 0.2) is 0 Å². The second-order valence-corrected chi connectivity index (χ2v) is 6.20. The standard InChI is InChI=1S/C17H25NO/c18-16(14-8-12-19-13-9-14)17(10-4-5-11-17)15-6-2-1-3-7-15/h1-3,6-7,14,16H,4-5,8-13,18H2. The quantitative estimate of drug-likeness (QED) is 0.904. The van der Waals surface area contributed by atoms with Crippen LogP contribution >= 0.6 is 0 Å². The number of hydrogen-bond donors (Lipinski definition) is 1. The van der Waals surface area contributed by atoms with Gasteiger partial charge in [-0.15, -0.1) is 0 Å². The normalized spacial score (nSPS) is 25.3. The Labute approximate surface area is 116 Å². The fourth-order valence-corrected chi connectivity index (χ4v) is 4.12. The van der Waals surface area contributed by atoms with Gasteiger partial charge in [-0.2, -0.15) is 0 Å². The predicted molar refractivity (Wildman–Crippen MR) is 78.1 cm³/mol. The Morgan fingerprint density at radius 1 is 1.05 bits per heavy atom. The lowest BCUT2D eigenvalue weighted by Gasteiger charge is -2.41. The summed E-state index contributed by atoms with van der Waals surface area (Å²) in [4.78, 5) is 0. The van der Waals surface area contributed by atoms with E-state index in [0.29, 0.717) is 12.0 Å². The minimum Gasteiger partial charge on any atom is -0.381 e. The molecule has 1 heterocycles. The summed E-state index contributed by atoms with van der Waals surface area (Å²) >= 11 is 0. The summed E-state index contributed by atoms with van der Waals surface area (Å²) < 4.78 is 5.50. The number of hydrogen-bond acceptors (Lipinski definition) is 2. The molecule has 1 saturated carbocycles. The number of ether oxygens (including phenoxy) is 1. The molecule has 2 aliphatic rings. The number of rotatable bonds is 3. The molecular formula is C17H25NO. The molecule has 1 saturated heterocycles. The molecular weight excluding hydrogens is 234 g/mol. The average Bonchev–Trinajstić information content (AvgIpc) is 2.99. The fraction of sp³-hybridized carbons (Fsp3) is 0.647. The van der Waals surface area contributed by atoms with E-state index in [2.05, 4.69) is 30.3 Å². The zero-order valence-corrected chi connectivity index (χ0v) is 11.7. The molecule has 1 unspecified atom stereocenters. The van der Waals surface area contributed by atoms with Crippen LogP contribution in [0.2, 0.25) is 0 Å². The zero-order valence-electron chi connectivity index (χ0n) is 11.7. The highest BCUT2D eigenvalue weighted by Crippen LogP contribution is 2.46. The van der Waals surface area contributed by atoms with Gasteiger partial charge in [-0.1, -0.05) is 43.2 Å². The molecule has 3 rings (SSSR count). The van der Waals surface area contributed by atoms with Crippen molar-refractivity contribution in [1.29, 1.82) is 0 Å². The molecule has 0 amide bonds. The van der Waals surface area contributed by atoms with Gasteiger partial charge in [0.25, 0.3) is 0 Å². The van der Waals surface area contributed by atoms with Crippen LogP contribution in [0.15, 0.2) is 30.3 Å². The van der Waals surface area contributed by atoms with Crippen molar-refractivity contribution in [2.45, 2.75) is 50.0 Å². The van der Waals surface area contributed by atoms with Gasteiger partial charge in [0.1, 0.15) is 0 Å². The summed E-state index contributed by atoms with van der Waals surface area (Å²) in [7, 11) is 0. The predicted octanol–water partition coefficient (Wildman–Crippen LogP) is 3.25.